The van der Waals surface area contributed by atoms with Gasteiger partial charge in [-0.05, 0) is 37.7 Å². The molecule has 1 amide bonds. The fourth-order valence-electron chi connectivity index (χ4n) is 4.24. The topological polar surface area (TPSA) is 56.7 Å². The van der Waals surface area contributed by atoms with E-state index in [1.807, 2.05) is 7.05 Å². The standard InChI is InChI=1S/C22H34N4O.HI/c1-16-7-6-10-19(13-16)17(2)14-24-22(23-3)25-20-11-12-26(15-20)21(27)18-8-4-5-9-18;/h6-7,10,13,17-18,20H,4-5,8-9,11-12,14-15H2,1-3H3,(H2,23,24,25);1H. The molecular weight excluding hydrogens is 463 g/mol. The van der Waals surface area contributed by atoms with E-state index in [9.17, 15) is 4.79 Å². The van der Waals surface area contributed by atoms with Gasteiger partial charge in [-0.25, -0.2) is 0 Å². The number of guanidine groups is 1. The number of likely N-dealkylation sites (tertiary alicyclic amines) is 1. The Hall–Kier alpha value is -1.31. The van der Waals surface area contributed by atoms with Crippen molar-refractivity contribution in [3.05, 3.63) is 35.4 Å². The van der Waals surface area contributed by atoms with Crippen LogP contribution >= 0.6 is 24.0 Å². The van der Waals surface area contributed by atoms with Gasteiger partial charge in [-0.3, -0.25) is 9.79 Å². The van der Waals surface area contributed by atoms with Crippen molar-refractivity contribution in [2.24, 2.45) is 10.9 Å². The zero-order valence-corrected chi connectivity index (χ0v) is 19.7. The highest BCUT2D eigenvalue weighted by atomic mass is 127. The smallest absolute Gasteiger partial charge is 0.225 e. The van der Waals surface area contributed by atoms with Crippen molar-refractivity contribution in [2.45, 2.75) is 57.9 Å². The Kier molecular flexibility index (Phi) is 9.05. The second-order valence-electron chi connectivity index (χ2n) is 8.16. The average molecular weight is 498 g/mol. The second-order valence-corrected chi connectivity index (χ2v) is 8.16. The number of benzene rings is 1. The average Bonchev–Trinajstić information content (AvgIpc) is 3.36. The summed E-state index contributed by atoms with van der Waals surface area (Å²) in [5.41, 5.74) is 2.63. The van der Waals surface area contributed by atoms with Crippen LogP contribution in [0.3, 0.4) is 0 Å². The van der Waals surface area contributed by atoms with Gasteiger partial charge in [-0.1, -0.05) is 49.6 Å². The van der Waals surface area contributed by atoms with Crippen LogP contribution in [0.15, 0.2) is 29.3 Å². The quantitative estimate of drug-likeness (QED) is 0.370. The van der Waals surface area contributed by atoms with Gasteiger partial charge in [-0.15, -0.1) is 24.0 Å². The van der Waals surface area contributed by atoms with Gasteiger partial charge in [0.05, 0.1) is 0 Å². The SMILES string of the molecule is CN=C(NCC(C)c1cccc(C)c1)NC1CCN(C(=O)C2CCCC2)C1.I. The van der Waals surface area contributed by atoms with E-state index in [4.69, 9.17) is 0 Å². The van der Waals surface area contributed by atoms with E-state index in [-0.39, 0.29) is 35.9 Å². The van der Waals surface area contributed by atoms with Gasteiger partial charge in [0.2, 0.25) is 5.91 Å². The lowest BCUT2D eigenvalue weighted by molar-refractivity contribution is -0.134. The van der Waals surface area contributed by atoms with E-state index < -0.39 is 0 Å². The maximum atomic E-state index is 12.6. The summed E-state index contributed by atoms with van der Waals surface area (Å²) >= 11 is 0. The third kappa shape index (κ3) is 6.09. The first-order chi connectivity index (χ1) is 13.1. The fourth-order valence-corrected chi connectivity index (χ4v) is 4.24. The van der Waals surface area contributed by atoms with Crippen molar-refractivity contribution in [3.63, 3.8) is 0 Å². The molecule has 156 valence electrons. The lowest BCUT2D eigenvalue weighted by Crippen LogP contribution is -2.46. The number of carbonyl (C=O) groups excluding carboxylic acids is 1. The number of nitrogens with one attached hydrogen (secondary N) is 2. The number of rotatable bonds is 5. The molecule has 2 fully saturated rings. The first-order valence-corrected chi connectivity index (χ1v) is 10.4. The molecule has 0 aromatic heterocycles. The summed E-state index contributed by atoms with van der Waals surface area (Å²) in [5.74, 6) is 1.88. The Morgan fingerprint density at radius 1 is 1.29 bits per heavy atom. The largest absolute Gasteiger partial charge is 0.356 e. The molecule has 2 atom stereocenters. The molecule has 0 radical (unpaired) electrons. The Morgan fingerprint density at radius 2 is 2.04 bits per heavy atom. The molecular formula is C22H35IN4O. The van der Waals surface area contributed by atoms with Gasteiger partial charge in [0.25, 0.3) is 0 Å². The summed E-state index contributed by atoms with van der Waals surface area (Å²) in [6, 6.07) is 8.95. The zero-order chi connectivity index (χ0) is 19.2. The molecule has 1 aliphatic carbocycles. The van der Waals surface area contributed by atoms with Crippen molar-refractivity contribution in [3.8, 4) is 0 Å². The summed E-state index contributed by atoms with van der Waals surface area (Å²) < 4.78 is 0. The number of nitrogens with zero attached hydrogens (tertiary/aromatic N) is 2. The normalized spacial score (nSPS) is 21.3. The van der Waals surface area contributed by atoms with Crippen LogP contribution in [0.4, 0.5) is 0 Å². The minimum Gasteiger partial charge on any atom is -0.356 e. The maximum absolute atomic E-state index is 12.6. The maximum Gasteiger partial charge on any atom is 0.225 e. The van der Waals surface area contributed by atoms with E-state index in [0.717, 1.165) is 44.9 Å². The highest BCUT2D eigenvalue weighted by Crippen LogP contribution is 2.27. The van der Waals surface area contributed by atoms with Gasteiger partial charge < -0.3 is 15.5 Å². The van der Waals surface area contributed by atoms with Gasteiger partial charge in [-0.2, -0.15) is 0 Å². The van der Waals surface area contributed by atoms with Crippen LogP contribution in [0.1, 0.15) is 56.1 Å². The van der Waals surface area contributed by atoms with Gasteiger partial charge in [0, 0.05) is 38.6 Å². The molecule has 1 saturated heterocycles. The molecule has 1 saturated carbocycles. The molecule has 1 aromatic carbocycles. The first kappa shape index (κ1) is 23.0. The summed E-state index contributed by atoms with van der Waals surface area (Å²) in [6.07, 6.45) is 5.57. The summed E-state index contributed by atoms with van der Waals surface area (Å²) in [5, 5.41) is 6.95. The lowest BCUT2D eigenvalue weighted by Gasteiger charge is -2.22. The molecule has 1 aromatic rings. The first-order valence-electron chi connectivity index (χ1n) is 10.4. The molecule has 2 unspecified atom stereocenters. The van der Waals surface area contributed by atoms with E-state index in [1.54, 1.807) is 0 Å². The van der Waals surface area contributed by atoms with E-state index >= 15 is 0 Å². The number of carbonyl (C=O) groups is 1. The van der Waals surface area contributed by atoms with E-state index in [0.29, 0.717) is 11.8 Å². The summed E-state index contributed by atoms with van der Waals surface area (Å²) in [4.78, 5) is 19.0. The van der Waals surface area contributed by atoms with Gasteiger partial charge in [0.15, 0.2) is 5.96 Å². The predicted molar refractivity (Wildman–Crippen MR) is 126 cm³/mol. The van der Waals surface area contributed by atoms with Crippen LogP contribution < -0.4 is 10.6 Å². The number of hydrogen-bond acceptors (Lipinski definition) is 2. The molecule has 28 heavy (non-hydrogen) atoms. The van der Waals surface area contributed by atoms with Crippen LogP contribution in [0, 0.1) is 12.8 Å². The number of halogens is 1. The fraction of sp³-hybridized carbons (Fsp3) is 0.636. The monoisotopic (exact) mass is 498 g/mol. The van der Waals surface area contributed by atoms with Crippen molar-refractivity contribution in [1.82, 2.24) is 15.5 Å². The molecule has 0 bridgehead atoms. The van der Waals surface area contributed by atoms with Crippen LogP contribution in [0.5, 0.6) is 0 Å². The van der Waals surface area contributed by atoms with Gasteiger partial charge in [0.1, 0.15) is 0 Å². The van der Waals surface area contributed by atoms with Crippen LogP contribution in [0.25, 0.3) is 0 Å². The van der Waals surface area contributed by atoms with Crippen LogP contribution in [-0.2, 0) is 4.79 Å². The predicted octanol–water partition coefficient (Wildman–Crippen LogP) is 3.67. The Bertz CT molecular complexity index is 672. The van der Waals surface area contributed by atoms with Gasteiger partial charge >= 0.3 is 0 Å². The molecule has 2 N–H and O–H groups in total. The van der Waals surface area contributed by atoms with Crippen LogP contribution in [-0.4, -0.2) is 49.5 Å². The highest BCUT2D eigenvalue weighted by Gasteiger charge is 2.32. The number of aryl methyl sites for hydroxylation is 1. The van der Waals surface area contributed by atoms with E-state index in [2.05, 4.69) is 58.6 Å². The van der Waals surface area contributed by atoms with Crippen molar-refractivity contribution >= 4 is 35.8 Å². The molecule has 5 nitrogen and oxygen atoms in total. The third-order valence-corrected chi connectivity index (χ3v) is 5.96. The molecule has 1 heterocycles. The molecule has 3 rings (SSSR count). The van der Waals surface area contributed by atoms with E-state index in [1.165, 1.54) is 24.0 Å². The summed E-state index contributed by atoms with van der Waals surface area (Å²) in [6.45, 7) is 6.85. The summed E-state index contributed by atoms with van der Waals surface area (Å²) in [7, 11) is 1.81. The minimum atomic E-state index is 0. The minimum absolute atomic E-state index is 0. The molecule has 0 spiro atoms. The zero-order valence-electron chi connectivity index (χ0n) is 17.4. The number of aliphatic imine (C=N–C) groups is 1. The lowest BCUT2D eigenvalue weighted by atomic mass is 9.99. The molecule has 2 aliphatic rings. The number of hydrogen-bond donors (Lipinski definition) is 2. The Balaban J connectivity index is 0.00000280. The van der Waals surface area contributed by atoms with Crippen molar-refractivity contribution < 1.29 is 4.79 Å². The van der Waals surface area contributed by atoms with Crippen molar-refractivity contribution in [2.75, 3.05) is 26.7 Å². The molecule has 6 heteroatoms. The second kappa shape index (κ2) is 11.0. The third-order valence-electron chi connectivity index (χ3n) is 5.96. The Labute approximate surface area is 186 Å². The molecule has 1 aliphatic heterocycles. The van der Waals surface area contributed by atoms with Crippen LogP contribution in [0.2, 0.25) is 0 Å². The Morgan fingerprint density at radius 3 is 2.71 bits per heavy atom. The highest BCUT2D eigenvalue weighted by molar-refractivity contribution is 14.0. The number of amides is 1. The van der Waals surface area contributed by atoms with Crippen molar-refractivity contribution in [1.29, 1.82) is 0 Å².